The number of H-pyrrole nitrogens is 1. The summed E-state index contributed by atoms with van der Waals surface area (Å²) in [7, 11) is 0. The number of hydrogen-bond donors (Lipinski definition) is 2. The minimum atomic E-state index is 0.238. The average Bonchev–Trinajstić information content (AvgIpc) is 2.12. The van der Waals surface area contributed by atoms with Crippen LogP contribution < -0.4 is 5.73 Å². The van der Waals surface area contributed by atoms with Gasteiger partial charge in [-0.25, -0.2) is 4.98 Å². The Bertz CT molecular complexity index is 179. The van der Waals surface area contributed by atoms with E-state index in [0.717, 1.165) is 0 Å². The van der Waals surface area contributed by atoms with Gasteiger partial charge in [0.15, 0.2) is 5.82 Å². The molecule has 1 heterocycles. The first-order valence-electron chi connectivity index (χ1n) is 1.96. The Kier molecular flexibility index (Phi) is 1.21. The summed E-state index contributed by atoms with van der Waals surface area (Å²) in [6, 6.07) is 0. The van der Waals surface area contributed by atoms with E-state index in [1.807, 2.05) is 0 Å². The van der Waals surface area contributed by atoms with Gasteiger partial charge >= 0.3 is 0 Å². The predicted octanol–water partition coefficient (Wildman–Crippen LogP) is -0.561. The van der Waals surface area contributed by atoms with Gasteiger partial charge in [0.05, 0.1) is 0 Å². The summed E-state index contributed by atoms with van der Waals surface area (Å²) in [5.41, 5.74) is 5.16. The molecule has 42 valence electrons. The number of nitrogens with zero attached hydrogens (tertiary/aromatic N) is 2. The molecule has 1 aromatic heterocycles. The van der Waals surface area contributed by atoms with Crippen molar-refractivity contribution in [3.63, 3.8) is 0 Å². The Hall–Kier alpha value is -0.970. The second-order valence-electron chi connectivity index (χ2n) is 1.20. The van der Waals surface area contributed by atoms with Crippen molar-refractivity contribution in [2.45, 2.75) is 0 Å². The lowest BCUT2D eigenvalue weighted by Crippen LogP contribution is -2.11. The van der Waals surface area contributed by atoms with Crippen molar-refractivity contribution >= 4 is 17.2 Å². The van der Waals surface area contributed by atoms with Gasteiger partial charge in [-0.05, 0) is 0 Å². The summed E-state index contributed by atoms with van der Waals surface area (Å²) in [4.78, 5) is 3.92. The second-order valence-corrected chi connectivity index (χ2v) is 1.64. The maximum Gasteiger partial charge on any atom is 0.182 e. The van der Waals surface area contributed by atoms with E-state index in [1.54, 1.807) is 0 Å². The molecule has 0 aliphatic heterocycles. The second kappa shape index (κ2) is 1.87. The highest BCUT2D eigenvalue weighted by Gasteiger charge is 1.94. The minimum absolute atomic E-state index is 0.238. The van der Waals surface area contributed by atoms with Gasteiger partial charge in [0.25, 0.3) is 0 Å². The molecule has 0 radical (unpaired) electrons. The van der Waals surface area contributed by atoms with Gasteiger partial charge in [-0.3, -0.25) is 5.10 Å². The summed E-state index contributed by atoms with van der Waals surface area (Å²) in [6.07, 6.45) is 1.36. The maximum atomic E-state index is 5.16. The highest BCUT2D eigenvalue weighted by atomic mass is 32.1. The minimum Gasteiger partial charge on any atom is -0.387 e. The predicted molar refractivity (Wildman–Crippen MR) is 32.3 cm³/mol. The molecule has 3 N–H and O–H groups in total. The van der Waals surface area contributed by atoms with Crippen LogP contribution in [0.2, 0.25) is 0 Å². The SMILES string of the molecule is NC(=S)c1ncn[nH]1. The van der Waals surface area contributed by atoms with E-state index in [9.17, 15) is 0 Å². The molecular weight excluding hydrogens is 124 g/mol. The summed E-state index contributed by atoms with van der Waals surface area (Å²) >= 11 is 4.56. The van der Waals surface area contributed by atoms with Gasteiger partial charge in [-0.2, -0.15) is 5.10 Å². The standard InChI is InChI=1S/C3H4N4S/c4-2(8)3-5-1-6-7-3/h1H,(H2,4,8)(H,5,6,7). The van der Waals surface area contributed by atoms with Crippen LogP contribution in [0.3, 0.4) is 0 Å². The molecule has 0 unspecified atom stereocenters. The molecule has 0 spiro atoms. The third-order valence-corrected chi connectivity index (χ3v) is 0.842. The molecule has 0 aliphatic carbocycles. The van der Waals surface area contributed by atoms with E-state index in [2.05, 4.69) is 27.4 Å². The fourth-order valence-corrected chi connectivity index (χ4v) is 0.423. The van der Waals surface area contributed by atoms with Crippen molar-refractivity contribution in [2.24, 2.45) is 5.73 Å². The maximum absolute atomic E-state index is 5.16. The van der Waals surface area contributed by atoms with Gasteiger partial charge in [-0.15, -0.1) is 0 Å². The number of aromatic amines is 1. The van der Waals surface area contributed by atoms with E-state index in [-0.39, 0.29) is 4.99 Å². The molecule has 0 aromatic carbocycles. The van der Waals surface area contributed by atoms with E-state index in [0.29, 0.717) is 5.82 Å². The van der Waals surface area contributed by atoms with Crippen LogP contribution in [0.25, 0.3) is 0 Å². The zero-order valence-electron chi connectivity index (χ0n) is 3.96. The Morgan fingerprint density at radius 1 is 1.88 bits per heavy atom. The van der Waals surface area contributed by atoms with Crippen molar-refractivity contribution in [1.29, 1.82) is 0 Å². The lowest BCUT2D eigenvalue weighted by atomic mass is 10.6. The molecule has 0 saturated carbocycles. The van der Waals surface area contributed by atoms with Crippen LogP contribution in [0.4, 0.5) is 0 Å². The van der Waals surface area contributed by atoms with Gasteiger partial charge < -0.3 is 5.73 Å². The molecule has 4 nitrogen and oxygen atoms in total. The summed E-state index contributed by atoms with van der Waals surface area (Å²) < 4.78 is 0. The number of thiocarbonyl (C=S) groups is 1. The highest BCUT2D eigenvalue weighted by Crippen LogP contribution is 1.81. The van der Waals surface area contributed by atoms with Crippen LogP contribution in [0.15, 0.2) is 6.33 Å². The number of nitrogens with one attached hydrogen (secondary N) is 1. The van der Waals surface area contributed by atoms with Crippen LogP contribution in [0.5, 0.6) is 0 Å². The van der Waals surface area contributed by atoms with Crippen molar-refractivity contribution in [3.05, 3.63) is 12.2 Å². The zero-order chi connectivity index (χ0) is 5.98. The number of aromatic nitrogens is 3. The monoisotopic (exact) mass is 128 g/mol. The third kappa shape index (κ3) is 0.812. The topological polar surface area (TPSA) is 67.6 Å². The fourth-order valence-electron chi connectivity index (χ4n) is 0.324. The lowest BCUT2D eigenvalue weighted by molar-refractivity contribution is 1.08. The Morgan fingerprint density at radius 3 is 2.88 bits per heavy atom. The first-order valence-corrected chi connectivity index (χ1v) is 2.36. The normalized spacial score (nSPS) is 9.00. The van der Waals surface area contributed by atoms with Crippen molar-refractivity contribution in [2.75, 3.05) is 0 Å². The van der Waals surface area contributed by atoms with Gasteiger partial charge in [0, 0.05) is 0 Å². The molecule has 0 saturated heterocycles. The third-order valence-electron chi connectivity index (χ3n) is 0.648. The average molecular weight is 128 g/mol. The quantitative estimate of drug-likeness (QED) is 0.497. The molecule has 8 heavy (non-hydrogen) atoms. The molecule has 1 rings (SSSR count). The van der Waals surface area contributed by atoms with Crippen molar-refractivity contribution < 1.29 is 0 Å². The van der Waals surface area contributed by atoms with E-state index in [1.165, 1.54) is 6.33 Å². The number of rotatable bonds is 1. The molecular formula is C3H4N4S. The summed E-state index contributed by atoms with van der Waals surface area (Å²) in [5, 5.41) is 6.05. The lowest BCUT2D eigenvalue weighted by Gasteiger charge is -1.83. The Morgan fingerprint density at radius 2 is 2.62 bits per heavy atom. The first kappa shape index (κ1) is 5.17. The molecule has 5 heteroatoms. The molecule has 1 aromatic rings. The van der Waals surface area contributed by atoms with E-state index < -0.39 is 0 Å². The Balaban J connectivity index is 2.93. The zero-order valence-corrected chi connectivity index (χ0v) is 4.77. The molecule has 0 fully saturated rings. The van der Waals surface area contributed by atoms with Crippen LogP contribution in [0, 0.1) is 0 Å². The van der Waals surface area contributed by atoms with Crippen LogP contribution >= 0.6 is 12.2 Å². The van der Waals surface area contributed by atoms with Crippen LogP contribution in [-0.2, 0) is 0 Å². The fraction of sp³-hybridized carbons (Fsp3) is 0. The van der Waals surface area contributed by atoms with Crippen molar-refractivity contribution in [3.8, 4) is 0 Å². The molecule has 0 amide bonds. The summed E-state index contributed by atoms with van der Waals surface area (Å²) in [6.45, 7) is 0. The smallest absolute Gasteiger partial charge is 0.182 e. The highest BCUT2D eigenvalue weighted by molar-refractivity contribution is 7.80. The van der Waals surface area contributed by atoms with Crippen LogP contribution in [0.1, 0.15) is 5.82 Å². The van der Waals surface area contributed by atoms with Gasteiger partial charge in [0.1, 0.15) is 11.3 Å². The molecule has 0 atom stereocenters. The van der Waals surface area contributed by atoms with Gasteiger partial charge in [0.2, 0.25) is 0 Å². The van der Waals surface area contributed by atoms with E-state index in [4.69, 9.17) is 5.73 Å². The van der Waals surface area contributed by atoms with Crippen molar-refractivity contribution in [1.82, 2.24) is 15.2 Å². The first-order chi connectivity index (χ1) is 3.80. The number of nitrogens with two attached hydrogens (primary N) is 1. The molecule has 0 bridgehead atoms. The summed E-state index contributed by atoms with van der Waals surface area (Å²) in [5.74, 6) is 0.458. The number of hydrogen-bond acceptors (Lipinski definition) is 3. The Labute approximate surface area is 51.1 Å². The van der Waals surface area contributed by atoms with Gasteiger partial charge in [-0.1, -0.05) is 12.2 Å². The molecule has 0 aliphatic rings. The van der Waals surface area contributed by atoms with Crippen LogP contribution in [-0.4, -0.2) is 20.2 Å². The largest absolute Gasteiger partial charge is 0.387 e. The van der Waals surface area contributed by atoms with E-state index >= 15 is 0 Å².